The second-order valence-electron chi connectivity index (χ2n) is 8.36. The zero-order valence-electron chi connectivity index (χ0n) is 17.9. The van der Waals surface area contributed by atoms with Crippen molar-refractivity contribution in [2.24, 2.45) is 0 Å². The van der Waals surface area contributed by atoms with Gasteiger partial charge in [-0.1, -0.05) is 42.5 Å². The Labute approximate surface area is 178 Å². The normalized spacial score (nSPS) is 19.8. The predicted octanol–water partition coefficient (Wildman–Crippen LogP) is 4.03. The molecular weight excluding hydrogens is 374 g/mol. The number of aromatic amines is 1. The number of rotatable bonds is 7. The topological polar surface area (TPSA) is 57.4 Å². The third kappa shape index (κ3) is 5.10. The lowest BCUT2D eigenvalue weighted by Crippen LogP contribution is -2.45. The molecule has 0 bridgehead atoms. The Hall–Kier alpha value is -2.63. The third-order valence-electron chi connectivity index (χ3n) is 5.78. The number of carbonyl (C=O) groups excluding carboxylic acids is 1. The summed E-state index contributed by atoms with van der Waals surface area (Å²) in [4.78, 5) is 18.2. The Morgan fingerprint density at radius 1 is 1.03 bits per heavy atom. The summed E-state index contributed by atoms with van der Waals surface area (Å²) in [5, 5.41) is 4.31. The number of aryl methyl sites for hydroxylation is 1. The van der Waals surface area contributed by atoms with E-state index in [1.807, 2.05) is 24.4 Å². The minimum absolute atomic E-state index is 0.0868. The van der Waals surface area contributed by atoms with E-state index in [9.17, 15) is 4.79 Å². The first-order valence-electron chi connectivity index (χ1n) is 10.8. The van der Waals surface area contributed by atoms with Crippen LogP contribution in [0.15, 0.2) is 54.7 Å². The molecule has 0 spiro atoms. The van der Waals surface area contributed by atoms with E-state index in [0.29, 0.717) is 13.0 Å². The highest BCUT2D eigenvalue weighted by molar-refractivity contribution is 5.84. The summed E-state index contributed by atoms with van der Waals surface area (Å²) < 4.78 is 5.85. The average molecular weight is 406 g/mol. The first kappa shape index (κ1) is 20.6. The van der Waals surface area contributed by atoms with E-state index in [1.54, 1.807) is 0 Å². The molecule has 2 atom stereocenters. The summed E-state index contributed by atoms with van der Waals surface area (Å²) in [7, 11) is 0. The molecule has 2 unspecified atom stereocenters. The van der Waals surface area contributed by atoms with Gasteiger partial charge in [0.1, 0.15) is 0 Å². The molecule has 2 heterocycles. The summed E-state index contributed by atoms with van der Waals surface area (Å²) >= 11 is 0. The van der Waals surface area contributed by atoms with Crippen LogP contribution < -0.4 is 5.32 Å². The van der Waals surface area contributed by atoms with Crippen molar-refractivity contribution in [1.29, 1.82) is 0 Å². The highest BCUT2D eigenvalue weighted by Crippen LogP contribution is 2.19. The van der Waals surface area contributed by atoms with Crippen LogP contribution in [0, 0.1) is 0 Å². The predicted molar refractivity (Wildman–Crippen MR) is 120 cm³/mol. The van der Waals surface area contributed by atoms with Crippen LogP contribution in [-0.2, 0) is 29.0 Å². The average Bonchev–Trinajstić information content (AvgIpc) is 3.14. The number of amides is 1. The summed E-state index contributed by atoms with van der Waals surface area (Å²) in [6.45, 7) is 7.59. The molecule has 158 valence electrons. The van der Waals surface area contributed by atoms with Crippen molar-refractivity contribution in [3.8, 4) is 0 Å². The molecule has 1 amide bonds. The van der Waals surface area contributed by atoms with E-state index in [0.717, 1.165) is 31.6 Å². The first-order chi connectivity index (χ1) is 14.6. The number of nitrogens with one attached hydrogen (secondary N) is 2. The fourth-order valence-corrected chi connectivity index (χ4v) is 4.41. The molecule has 1 aliphatic heterocycles. The van der Waals surface area contributed by atoms with Crippen LogP contribution in [0.2, 0.25) is 0 Å². The molecule has 3 aromatic rings. The van der Waals surface area contributed by atoms with E-state index < -0.39 is 0 Å². The van der Waals surface area contributed by atoms with Crippen molar-refractivity contribution in [1.82, 2.24) is 15.2 Å². The number of aromatic nitrogens is 1. The molecule has 30 heavy (non-hydrogen) atoms. The number of hydrogen-bond donors (Lipinski definition) is 2. The Bertz CT molecular complexity index is 987. The quantitative estimate of drug-likeness (QED) is 0.624. The monoisotopic (exact) mass is 405 g/mol. The maximum absolute atomic E-state index is 12.5. The van der Waals surface area contributed by atoms with Gasteiger partial charge in [0.15, 0.2) is 0 Å². The van der Waals surface area contributed by atoms with Crippen molar-refractivity contribution in [3.05, 3.63) is 71.4 Å². The highest BCUT2D eigenvalue weighted by Gasteiger charge is 2.22. The Kier molecular flexibility index (Phi) is 6.50. The molecule has 2 aromatic carbocycles. The van der Waals surface area contributed by atoms with Gasteiger partial charge in [0.05, 0.1) is 12.2 Å². The maximum Gasteiger partial charge on any atom is 0.220 e. The largest absolute Gasteiger partial charge is 0.373 e. The van der Waals surface area contributed by atoms with E-state index in [4.69, 9.17) is 4.74 Å². The number of nitrogens with zero attached hydrogens (tertiary/aromatic N) is 1. The van der Waals surface area contributed by atoms with Crippen molar-refractivity contribution in [2.75, 3.05) is 13.1 Å². The van der Waals surface area contributed by atoms with Gasteiger partial charge in [-0.05, 0) is 43.0 Å². The summed E-state index contributed by atoms with van der Waals surface area (Å²) in [5.74, 6) is 0.0868. The first-order valence-corrected chi connectivity index (χ1v) is 10.8. The minimum atomic E-state index is 0.0868. The van der Waals surface area contributed by atoms with E-state index in [1.165, 1.54) is 22.1 Å². The number of morpholine rings is 1. The molecule has 2 N–H and O–H groups in total. The molecule has 0 saturated carbocycles. The van der Waals surface area contributed by atoms with Crippen LogP contribution >= 0.6 is 0 Å². The van der Waals surface area contributed by atoms with Crippen LogP contribution in [0.25, 0.3) is 10.9 Å². The molecule has 1 saturated heterocycles. The van der Waals surface area contributed by atoms with Crippen LogP contribution in [-0.4, -0.2) is 41.1 Å². The van der Waals surface area contributed by atoms with Crippen molar-refractivity contribution < 1.29 is 9.53 Å². The molecule has 5 heteroatoms. The molecule has 0 radical (unpaired) electrons. The van der Waals surface area contributed by atoms with Crippen molar-refractivity contribution in [3.63, 3.8) is 0 Å². The third-order valence-corrected chi connectivity index (χ3v) is 5.78. The van der Waals surface area contributed by atoms with Gasteiger partial charge < -0.3 is 15.0 Å². The van der Waals surface area contributed by atoms with Gasteiger partial charge in [-0.3, -0.25) is 9.69 Å². The second kappa shape index (κ2) is 9.45. The number of carbonyl (C=O) groups is 1. The number of fused-ring (bicyclic) bond motifs is 1. The van der Waals surface area contributed by atoms with Gasteiger partial charge in [0, 0.05) is 49.7 Å². The lowest BCUT2D eigenvalue weighted by Gasteiger charge is -2.35. The fraction of sp³-hybridized carbons (Fsp3) is 0.400. The lowest BCUT2D eigenvalue weighted by molar-refractivity contribution is -0.121. The number of para-hydroxylation sites is 1. The van der Waals surface area contributed by atoms with Gasteiger partial charge in [0.25, 0.3) is 0 Å². The zero-order valence-corrected chi connectivity index (χ0v) is 17.9. The lowest BCUT2D eigenvalue weighted by atomic mass is 10.1. The molecule has 1 fully saturated rings. The number of ether oxygens (including phenoxy) is 1. The van der Waals surface area contributed by atoms with Crippen molar-refractivity contribution >= 4 is 16.8 Å². The van der Waals surface area contributed by atoms with E-state index in [2.05, 4.69) is 59.4 Å². The van der Waals surface area contributed by atoms with Crippen LogP contribution in [0.3, 0.4) is 0 Å². The molecule has 5 nitrogen and oxygen atoms in total. The van der Waals surface area contributed by atoms with Crippen LogP contribution in [0.5, 0.6) is 0 Å². The van der Waals surface area contributed by atoms with E-state index in [-0.39, 0.29) is 18.1 Å². The van der Waals surface area contributed by atoms with Gasteiger partial charge in [-0.2, -0.15) is 0 Å². The smallest absolute Gasteiger partial charge is 0.220 e. The summed E-state index contributed by atoms with van der Waals surface area (Å²) in [5.41, 5.74) is 4.77. The standard InChI is InChI=1S/C25H31N3O2/c1-18-15-28(16-19(2)30-18)17-22-8-4-3-7-20(22)13-27-25(29)12-11-21-14-26-24-10-6-5-9-23(21)24/h3-10,14,18-19,26H,11-13,15-17H2,1-2H3,(H,27,29). The van der Waals surface area contributed by atoms with Gasteiger partial charge >= 0.3 is 0 Å². The molecule has 4 rings (SSSR count). The molecule has 0 aliphatic carbocycles. The second-order valence-corrected chi connectivity index (χ2v) is 8.36. The van der Waals surface area contributed by atoms with Gasteiger partial charge in [0.2, 0.25) is 5.91 Å². The Morgan fingerprint density at radius 3 is 2.53 bits per heavy atom. The number of H-pyrrole nitrogens is 1. The summed E-state index contributed by atoms with van der Waals surface area (Å²) in [6, 6.07) is 16.6. The minimum Gasteiger partial charge on any atom is -0.373 e. The maximum atomic E-state index is 12.5. The highest BCUT2D eigenvalue weighted by atomic mass is 16.5. The Balaban J connectivity index is 1.32. The fourth-order valence-electron chi connectivity index (χ4n) is 4.41. The molecule has 1 aliphatic rings. The van der Waals surface area contributed by atoms with Crippen molar-refractivity contribution in [2.45, 2.75) is 52.0 Å². The number of hydrogen-bond acceptors (Lipinski definition) is 3. The molecule has 1 aromatic heterocycles. The van der Waals surface area contributed by atoms with Crippen LogP contribution in [0.4, 0.5) is 0 Å². The van der Waals surface area contributed by atoms with E-state index >= 15 is 0 Å². The number of benzene rings is 2. The Morgan fingerprint density at radius 2 is 1.73 bits per heavy atom. The van der Waals surface area contributed by atoms with Crippen LogP contribution in [0.1, 0.15) is 37.0 Å². The van der Waals surface area contributed by atoms with Gasteiger partial charge in [-0.25, -0.2) is 0 Å². The summed E-state index contributed by atoms with van der Waals surface area (Å²) in [6.07, 6.45) is 3.75. The zero-order chi connectivity index (χ0) is 20.9. The SMILES string of the molecule is CC1CN(Cc2ccccc2CNC(=O)CCc2c[nH]c3ccccc23)CC(C)O1. The molecular formula is C25H31N3O2. The van der Waals surface area contributed by atoms with Gasteiger partial charge in [-0.15, -0.1) is 0 Å².